The zero-order valence-electron chi connectivity index (χ0n) is 12.9. The molecule has 1 heterocycles. The lowest BCUT2D eigenvalue weighted by molar-refractivity contribution is 0.233. The summed E-state index contributed by atoms with van der Waals surface area (Å²) in [7, 11) is 2.22. The highest BCUT2D eigenvalue weighted by Gasteiger charge is 2.20. The molecule has 0 bridgehead atoms. The molecule has 1 aromatic carbocycles. The molecule has 1 aliphatic rings. The fourth-order valence-electron chi connectivity index (χ4n) is 2.77. The van der Waals surface area contributed by atoms with Crippen LogP contribution in [0.4, 0.5) is 0 Å². The Balaban J connectivity index is 1.68. The number of hydrogen-bond donors (Lipinski definition) is 1. The van der Waals surface area contributed by atoms with Gasteiger partial charge in [0.1, 0.15) is 5.75 Å². The minimum absolute atomic E-state index is 0.715. The Labute approximate surface area is 123 Å². The molecule has 0 radical (unpaired) electrons. The molecular formula is C17H28N2O. The standard InChI is InChI=1S/C17H28N2O/c1-3-11-18-14-15-6-8-17(9-7-15)20-13-10-16-5-4-12-19(16)2/h6-9,16,18H,3-5,10-14H2,1-2H3. The molecule has 1 N–H and O–H groups in total. The molecule has 1 saturated heterocycles. The van der Waals surface area contributed by atoms with Gasteiger partial charge >= 0.3 is 0 Å². The highest BCUT2D eigenvalue weighted by Crippen LogP contribution is 2.19. The van der Waals surface area contributed by atoms with Crippen molar-refractivity contribution in [1.29, 1.82) is 0 Å². The average Bonchev–Trinajstić information content (AvgIpc) is 2.87. The van der Waals surface area contributed by atoms with Crippen LogP contribution in [0.2, 0.25) is 0 Å². The second-order valence-electron chi connectivity index (χ2n) is 5.73. The first-order chi connectivity index (χ1) is 9.79. The summed E-state index contributed by atoms with van der Waals surface area (Å²) in [6.07, 6.45) is 4.97. The first-order valence-corrected chi connectivity index (χ1v) is 7.92. The van der Waals surface area contributed by atoms with Gasteiger partial charge in [0.2, 0.25) is 0 Å². The molecule has 112 valence electrons. The van der Waals surface area contributed by atoms with Crippen LogP contribution in [0.3, 0.4) is 0 Å². The second kappa shape index (κ2) is 8.28. The average molecular weight is 276 g/mol. The number of nitrogens with zero attached hydrogens (tertiary/aromatic N) is 1. The van der Waals surface area contributed by atoms with Gasteiger partial charge in [0.05, 0.1) is 6.61 Å². The van der Waals surface area contributed by atoms with Gasteiger partial charge in [-0.1, -0.05) is 19.1 Å². The number of ether oxygens (including phenoxy) is 1. The minimum Gasteiger partial charge on any atom is -0.494 e. The van der Waals surface area contributed by atoms with Gasteiger partial charge < -0.3 is 15.0 Å². The van der Waals surface area contributed by atoms with Crippen molar-refractivity contribution < 1.29 is 4.74 Å². The van der Waals surface area contributed by atoms with Crippen LogP contribution in [0, 0.1) is 0 Å². The molecule has 2 rings (SSSR count). The third kappa shape index (κ3) is 4.80. The van der Waals surface area contributed by atoms with E-state index < -0.39 is 0 Å². The van der Waals surface area contributed by atoms with Crippen LogP contribution >= 0.6 is 0 Å². The number of rotatable bonds is 8. The molecule has 20 heavy (non-hydrogen) atoms. The maximum absolute atomic E-state index is 5.85. The van der Waals surface area contributed by atoms with Crippen molar-refractivity contribution in [3.05, 3.63) is 29.8 Å². The van der Waals surface area contributed by atoms with Crippen molar-refractivity contribution in [2.75, 3.05) is 26.7 Å². The van der Waals surface area contributed by atoms with Crippen LogP contribution in [0.5, 0.6) is 5.75 Å². The van der Waals surface area contributed by atoms with Gasteiger partial charge in [-0.05, 0) is 63.5 Å². The molecule has 1 aromatic rings. The molecule has 1 aliphatic heterocycles. The zero-order chi connectivity index (χ0) is 14.2. The van der Waals surface area contributed by atoms with Gasteiger partial charge in [-0.15, -0.1) is 0 Å². The van der Waals surface area contributed by atoms with Crippen molar-refractivity contribution in [2.45, 2.75) is 45.2 Å². The van der Waals surface area contributed by atoms with E-state index in [4.69, 9.17) is 4.74 Å². The van der Waals surface area contributed by atoms with Crippen molar-refractivity contribution >= 4 is 0 Å². The predicted molar refractivity (Wildman–Crippen MR) is 84.2 cm³/mol. The van der Waals surface area contributed by atoms with Gasteiger partial charge in [-0.2, -0.15) is 0 Å². The van der Waals surface area contributed by atoms with Crippen LogP contribution in [0.15, 0.2) is 24.3 Å². The Morgan fingerprint density at radius 3 is 2.75 bits per heavy atom. The Morgan fingerprint density at radius 1 is 1.30 bits per heavy atom. The van der Waals surface area contributed by atoms with Gasteiger partial charge in [-0.3, -0.25) is 0 Å². The number of nitrogens with one attached hydrogen (secondary N) is 1. The molecule has 0 spiro atoms. The van der Waals surface area contributed by atoms with E-state index in [0.29, 0.717) is 6.04 Å². The lowest BCUT2D eigenvalue weighted by Gasteiger charge is -2.19. The summed E-state index contributed by atoms with van der Waals surface area (Å²) in [5, 5.41) is 3.41. The Kier molecular flexibility index (Phi) is 6.34. The van der Waals surface area contributed by atoms with Crippen molar-refractivity contribution in [2.24, 2.45) is 0 Å². The third-order valence-electron chi connectivity index (χ3n) is 4.07. The summed E-state index contributed by atoms with van der Waals surface area (Å²) in [6, 6.07) is 9.19. The summed E-state index contributed by atoms with van der Waals surface area (Å²) in [5.74, 6) is 0.991. The van der Waals surface area contributed by atoms with Crippen LogP contribution in [0.25, 0.3) is 0 Å². The summed E-state index contributed by atoms with van der Waals surface area (Å²) in [6.45, 7) is 6.27. The topological polar surface area (TPSA) is 24.5 Å². The number of likely N-dealkylation sites (tertiary alicyclic amines) is 1. The van der Waals surface area contributed by atoms with E-state index in [0.717, 1.165) is 31.9 Å². The fraction of sp³-hybridized carbons (Fsp3) is 0.647. The van der Waals surface area contributed by atoms with Crippen LogP contribution < -0.4 is 10.1 Å². The normalized spacial score (nSPS) is 19.4. The second-order valence-corrected chi connectivity index (χ2v) is 5.73. The Bertz CT molecular complexity index is 377. The smallest absolute Gasteiger partial charge is 0.119 e. The van der Waals surface area contributed by atoms with Crippen molar-refractivity contribution in [1.82, 2.24) is 10.2 Å². The van der Waals surface area contributed by atoms with Gasteiger partial charge in [0.15, 0.2) is 0 Å². The summed E-state index contributed by atoms with van der Waals surface area (Å²) < 4.78 is 5.85. The first kappa shape index (κ1) is 15.3. The van der Waals surface area contributed by atoms with Crippen molar-refractivity contribution in [3.63, 3.8) is 0 Å². The first-order valence-electron chi connectivity index (χ1n) is 7.92. The van der Waals surface area contributed by atoms with E-state index in [1.54, 1.807) is 0 Å². The maximum atomic E-state index is 5.85. The lowest BCUT2D eigenvalue weighted by atomic mass is 10.1. The zero-order valence-corrected chi connectivity index (χ0v) is 12.9. The lowest BCUT2D eigenvalue weighted by Crippen LogP contribution is -2.26. The maximum Gasteiger partial charge on any atom is 0.119 e. The van der Waals surface area contributed by atoms with E-state index >= 15 is 0 Å². The highest BCUT2D eigenvalue weighted by atomic mass is 16.5. The quantitative estimate of drug-likeness (QED) is 0.739. The Hall–Kier alpha value is -1.06. The van der Waals surface area contributed by atoms with E-state index in [1.807, 2.05) is 0 Å². The molecule has 0 amide bonds. The van der Waals surface area contributed by atoms with Gasteiger partial charge in [0.25, 0.3) is 0 Å². The van der Waals surface area contributed by atoms with Crippen LogP contribution in [0.1, 0.15) is 38.2 Å². The molecule has 0 aromatic heterocycles. The van der Waals surface area contributed by atoms with E-state index in [9.17, 15) is 0 Å². The number of benzene rings is 1. The molecule has 3 nitrogen and oxygen atoms in total. The molecule has 0 aliphatic carbocycles. The van der Waals surface area contributed by atoms with E-state index in [-0.39, 0.29) is 0 Å². The van der Waals surface area contributed by atoms with Crippen LogP contribution in [-0.4, -0.2) is 37.7 Å². The molecule has 1 fully saturated rings. The largest absolute Gasteiger partial charge is 0.494 e. The third-order valence-corrected chi connectivity index (χ3v) is 4.07. The monoisotopic (exact) mass is 276 g/mol. The summed E-state index contributed by atoms with van der Waals surface area (Å²) in [5.41, 5.74) is 1.32. The van der Waals surface area contributed by atoms with Crippen LogP contribution in [-0.2, 0) is 6.54 Å². The number of hydrogen-bond acceptors (Lipinski definition) is 3. The van der Waals surface area contributed by atoms with E-state index in [2.05, 4.69) is 48.5 Å². The fourth-order valence-corrected chi connectivity index (χ4v) is 2.77. The SMILES string of the molecule is CCCNCc1ccc(OCCC2CCCN2C)cc1. The van der Waals surface area contributed by atoms with Gasteiger partial charge in [0, 0.05) is 12.6 Å². The minimum atomic E-state index is 0.715. The van der Waals surface area contributed by atoms with Gasteiger partial charge in [-0.25, -0.2) is 0 Å². The summed E-state index contributed by atoms with van der Waals surface area (Å²) >= 11 is 0. The van der Waals surface area contributed by atoms with E-state index in [1.165, 1.54) is 31.4 Å². The molecule has 1 unspecified atom stereocenters. The summed E-state index contributed by atoms with van der Waals surface area (Å²) in [4.78, 5) is 2.45. The predicted octanol–water partition coefficient (Wildman–Crippen LogP) is 3.05. The molecule has 0 saturated carbocycles. The molecular weight excluding hydrogens is 248 g/mol. The highest BCUT2D eigenvalue weighted by molar-refractivity contribution is 5.27. The molecule has 1 atom stereocenters. The molecule has 3 heteroatoms. The Morgan fingerprint density at radius 2 is 2.10 bits per heavy atom. The van der Waals surface area contributed by atoms with Crippen molar-refractivity contribution in [3.8, 4) is 5.75 Å².